The lowest BCUT2D eigenvalue weighted by Gasteiger charge is -2.19. The van der Waals surface area contributed by atoms with Crippen molar-refractivity contribution < 1.29 is 4.79 Å². The van der Waals surface area contributed by atoms with Crippen LogP contribution in [0.4, 0.5) is 0 Å². The first-order valence-corrected chi connectivity index (χ1v) is 7.18. The number of carbonyl (C=O) groups is 1. The molecule has 0 aliphatic rings. The SMILES string of the molecule is CC(C)(C)c1ccc(C(=O)c2cccc3cc[nH]c23)cc1. The minimum Gasteiger partial charge on any atom is -0.361 e. The molecule has 1 aromatic heterocycles. The standard InChI is InChI=1S/C19H19NO/c1-19(2,3)15-9-7-14(8-10-15)18(21)16-6-4-5-13-11-12-20-17(13)16/h4-12,20H,1-3H3. The third kappa shape index (κ3) is 2.49. The molecule has 2 nitrogen and oxygen atoms in total. The van der Waals surface area contributed by atoms with Crippen LogP contribution in [0.3, 0.4) is 0 Å². The van der Waals surface area contributed by atoms with E-state index in [-0.39, 0.29) is 11.2 Å². The molecular weight excluding hydrogens is 258 g/mol. The molecule has 106 valence electrons. The second kappa shape index (κ2) is 4.88. The number of rotatable bonds is 2. The zero-order valence-electron chi connectivity index (χ0n) is 12.6. The molecule has 21 heavy (non-hydrogen) atoms. The van der Waals surface area contributed by atoms with E-state index in [2.05, 4.69) is 25.8 Å². The zero-order valence-corrected chi connectivity index (χ0v) is 12.6. The summed E-state index contributed by atoms with van der Waals surface area (Å²) in [4.78, 5) is 15.9. The van der Waals surface area contributed by atoms with Gasteiger partial charge in [0.2, 0.25) is 0 Å². The summed E-state index contributed by atoms with van der Waals surface area (Å²) in [5, 5.41) is 1.06. The Morgan fingerprint density at radius 2 is 1.67 bits per heavy atom. The van der Waals surface area contributed by atoms with E-state index in [1.54, 1.807) is 0 Å². The summed E-state index contributed by atoms with van der Waals surface area (Å²) in [6, 6.07) is 15.7. The van der Waals surface area contributed by atoms with Gasteiger partial charge in [0, 0.05) is 22.7 Å². The lowest BCUT2D eigenvalue weighted by atomic mass is 9.86. The van der Waals surface area contributed by atoms with Crippen LogP contribution in [-0.2, 0) is 5.41 Å². The molecule has 1 N–H and O–H groups in total. The summed E-state index contributed by atoms with van der Waals surface area (Å²) in [6.07, 6.45) is 1.87. The quantitative estimate of drug-likeness (QED) is 0.677. The van der Waals surface area contributed by atoms with Crippen molar-refractivity contribution in [1.29, 1.82) is 0 Å². The third-order valence-corrected chi connectivity index (χ3v) is 3.84. The molecular formula is C19H19NO. The van der Waals surface area contributed by atoms with Gasteiger partial charge in [-0.25, -0.2) is 0 Å². The predicted molar refractivity (Wildman–Crippen MR) is 86.9 cm³/mol. The minimum absolute atomic E-state index is 0.0588. The molecule has 3 aromatic rings. The second-order valence-corrected chi connectivity index (χ2v) is 6.40. The van der Waals surface area contributed by atoms with Gasteiger partial charge in [-0.1, -0.05) is 57.2 Å². The number of benzene rings is 2. The highest BCUT2D eigenvalue weighted by molar-refractivity contribution is 6.15. The average Bonchev–Trinajstić information content (AvgIpc) is 2.94. The molecule has 0 fully saturated rings. The maximum Gasteiger partial charge on any atom is 0.195 e. The van der Waals surface area contributed by atoms with Crippen molar-refractivity contribution in [2.24, 2.45) is 0 Å². The van der Waals surface area contributed by atoms with Crippen LogP contribution in [0.2, 0.25) is 0 Å². The average molecular weight is 277 g/mol. The summed E-state index contributed by atoms with van der Waals surface area (Å²) in [7, 11) is 0. The molecule has 0 radical (unpaired) electrons. The lowest BCUT2D eigenvalue weighted by molar-refractivity contribution is 0.104. The third-order valence-electron chi connectivity index (χ3n) is 3.84. The number of carbonyl (C=O) groups excluding carboxylic acids is 1. The van der Waals surface area contributed by atoms with Crippen LogP contribution in [0.15, 0.2) is 54.7 Å². The maximum absolute atomic E-state index is 12.7. The van der Waals surface area contributed by atoms with E-state index in [9.17, 15) is 4.79 Å². The summed E-state index contributed by atoms with van der Waals surface area (Å²) >= 11 is 0. The zero-order chi connectivity index (χ0) is 15.0. The molecule has 0 spiro atoms. The van der Waals surface area contributed by atoms with E-state index in [1.807, 2.05) is 54.7 Å². The van der Waals surface area contributed by atoms with Gasteiger partial charge in [0.15, 0.2) is 5.78 Å². The molecule has 0 unspecified atom stereocenters. The van der Waals surface area contributed by atoms with Gasteiger partial charge in [0.1, 0.15) is 0 Å². The van der Waals surface area contributed by atoms with Crippen LogP contribution in [0.25, 0.3) is 10.9 Å². The van der Waals surface area contributed by atoms with Gasteiger partial charge in [0.05, 0.1) is 5.52 Å². The Bertz CT molecular complexity index is 788. The van der Waals surface area contributed by atoms with Crippen LogP contribution in [0.1, 0.15) is 42.3 Å². The van der Waals surface area contributed by atoms with Crippen LogP contribution >= 0.6 is 0 Å². The Kier molecular flexibility index (Phi) is 3.17. The van der Waals surface area contributed by atoms with E-state index in [0.717, 1.165) is 22.0 Å². The molecule has 0 saturated carbocycles. The van der Waals surface area contributed by atoms with Gasteiger partial charge >= 0.3 is 0 Å². The minimum atomic E-state index is 0.0588. The first-order chi connectivity index (χ1) is 9.97. The largest absolute Gasteiger partial charge is 0.361 e. The van der Waals surface area contributed by atoms with Crippen LogP contribution in [0.5, 0.6) is 0 Å². The molecule has 0 atom stereocenters. The number of hydrogen-bond acceptors (Lipinski definition) is 1. The van der Waals surface area contributed by atoms with Crippen molar-refractivity contribution in [1.82, 2.24) is 4.98 Å². The molecule has 0 bridgehead atoms. The number of H-pyrrole nitrogens is 1. The molecule has 0 aliphatic carbocycles. The number of nitrogens with one attached hydrogen (secondary N) is 1. The van der Waals surface area contributed by atoms with Crippen molar-refractivity contribution in [2.45, 2.75) is 26.2 Å². The Balaban J connectivity index is 2.01. The van der Waals surface area contributed by atoms with Gasteiger partial charge in [0.25, 0.3) is 0 Å². The smallest absolute Gasteiger partial charge is 0.195 e. The Morgan fingerprint density at radius 3 is 2.33 bits per heavy atom. The predicted octanol–water partition coefficient (Wildman–Crippen LogP) is 4.70. The van der Waals surface area contributed by atoms with E-state index in [4.69, 9.17) is 0 Å². The normalized spacial score (nSPS) is 11.8. The highest BCUT2D eigenvalue weighted by atomic mass is 16.1. The van der Waals surface area contributed by atoms with E-state index in [1.165, 1.54) is 5.56 Å². The van der Waals surface area contributed by atoms with Crippen LogP contribution in [-0.4, -0.2) is 10.8 Å². The van der Waals surface area contributed by atoms with Gasteiger partial charge in [-0.3, -0.25) is 4.79 Å². The maximum atomic E-state index is 12.7. The van der Waals surface area contributed by atoms with Crippen molar-refractivity contribution >= 4 is 16.7 Å². The Hall–Kier alpha value is -2.35. The number of aromatic nitrogens is 1. The monoisotopic (exact) mass is 277 g/mol. The number of aromatic amines is 1. The van der Waals surface area contributed by atoms with E-state index >= 15 is 0 Å². The molecule has 0 saturated heterocycles. The molecule has 3 rings (SSSR count). The fourth-order valence-corrected chi connectivity index (χ4v) is 2.55. The molecule has 2 heteroatoms. The van der Waals surface area contributed by atoms with Crippen molar-refractivity contribution in [3.8, 4) is 0 Å². The van der Waals surface area contributed by atoms with Gasteiger partial charge < -0.3 is 4.98 Å². The molecule has 0 amide bonds. The van der Waals surface area contributed by atoms with Crippen molar-refractivity contribution in [3.05, 3.63) is 71.4 Å². The van der Waals surface area contributed by atoms with Crippen molar-refractivity contribution in [2.75, 3.05) is 0 Å². The van der Waals surface area contributed by atoms with Gasteiger partial charge in [-0.15, -0.1) is 0 Å². The van der Waals surface area contributed by atoms with E-state index in [0.29, 0.717) is 0 Å². The number of ketones is 1. The van der Waals surface area contributed by atoms with Crippen molar-refractivity contribution in [3.63, 3.8) is 0 Å². The first kappa shape index (κ1) is 13.6. The summed E-state index contributed by atoms with van der Waals surface area (Å²) in [6.45, 7) is 6.51. The van der Waals surface area contributed by atoms with Gasteiger partial charge in [-0.05, 0) is 23.1 Å². The fraction of sp³-hybridized carbons (Fsp3) is 0.211. The summed E-state index contributed by atoms with van der Waals surface area (Å²) in [5.74, 6) is 0.0588. The lowest BCUT2D eigenvalue weighted by Crippen LogP contribution is -2.11. The Labute approximate surface area is 124 Å². The first-order valence-electron chi connectivity index (χ1n) is 7.18. The van der Waals surface area contributed by atoms with Crippen LogP contribution in [0, 0.1) is 0 Å². The second-order valence-electron chi connectivity index (χ2n) is 6.40. The molecule has 1 heterocycles. The van der Waals surface area contributed by atoms with Gasteiger partial charge in [-0.2, -0.15) is 0 Å². The highest BCUT2D eigenvalue weighted by Crippen LogP contribution is 2.24. The number of hydrogen-bond donors (Lipinski definition) is 1. The molecule has 2 aromatic carbocycles. The topological polar surface area (TPSA) is 32.9 Å². The summed E-state index contributed by atoms with van der Waals surface area (Å²) < 4.78 is 0. The number of para-hydroxylation sites is 1. The van der Waals surface area contributed by atoms with Crippen LogP contribution < -0.4 is 0 Å². The molecule has 0 aliphatic heterocycles. The summed E-state index contributed by atoms with van der Waals surface area (Å²) in [5.41, 5.74) is 3.69. The fourth-order valence-electron chi connectivity index (χ4n) is 2.55. The van der Waals surface area contributed by atoms with E-state index < -0.39 is 0 Å². The highest BCUT2D eigenvalue weighted by Gasteiger charge is 2.16. The Morgan fingerprint density at radius 1 is 0.952 bits per heavy atom. The number of fused-ring (bicyclic) bond motifs is 1.